The second-order valence-corrected chi connectivity index (χ2v) is 6.55. The van der Waals surface area contributed by atoms with Crippen LogP contribution >= 0.6 is 11.6 Å². The number of aromatic nitrogens is 1. The highest BCUT2D eigenvalue weighted by Crippen LogP contribution is 2.32. The van der Waals surface area contributed by atoms with E-state index in [2.05, 4.69) is 10.3 Å². The molecule has 1 aliphatic heterocycles. The van der Waals surface area contributed by atoms with Crippen molar-refractivity contribution in [2.45, 2.75) is 32.1 Å². The Labute approximate surface area is 154 Å². The molecule has 0 aliphatic carbocycles. The van der Waals surface area contributed by atoms with E-state index in [9.17, 15) is 18.0 Å². The lowest BCUT2D eigenvalue weighted by atomic mass is 10.1. The summed E-state index contributed by atoms with van der Waals surface area (Å²) in [6, 6.07) is 8.53. The van der Waals surface area contributed by atoms with Crippen LogP contribution in [-0.2, 0) is 24.1 Å². The maximum Gasteiger partial charge on any atom is 0.417 e. The molecule has 3 rings (SSSR count). The number of nitrogens with zero attached hydrogens (tertiary/aromatic N) is 2. The van der Waals surface area contributed by atoms with Crippen molar-refractivity contribution < 1.29 is 18.0 Å². The third-order valence-corrected chi connectivity index (χ3v) is 4.48. The van der Waals surface area contributed by atoms with Crippen LogP contribution in [0.2, 0.25) is 5.02 Å². The summed E-state index contributed by atoms with van der Waals surface area (Å²) in [7, 11) is 0. The molecule has 2 heterocycles. The highest BCUT2D eigenvalue weighted by molar-refractivity contribution is 6.32. The summed E-state index contributed by atoms with van der Waals surface area (Å²) in [6.45, 7) is 1.76. The van der Waals surface area contributed by atoms with Crippen LogP contribution in [-0.4, -0.2) is 22.3 Å². The number of hydrogen-bond acceptors (Lipinski definition) is 3. The van der Waals surface area contributed by atoms with E-state index in [-0.39, 0.29) is 16.7 Å². The minimum Gasteiger partial charge on any atom is -0.365 e. The Hall–Kier alpha value is -2.28. The van der Waals surface area contributed by atoms with E-state index in [0.29, 0.717) is 19.5 Å². The van der Waals surface area contributed by atoms with Gasteiger partial charge in [-0.2, -0.15) is 13.2 Å². The Bertz CT molecular complexity index is 793. The summed E-state index contributed by atoms with van der Waals surface area (Å²) in [6.07, 6.45) is -2.20. The van der Waals surface area contributed by atoms with E-state index in [0.717, 1.165) is 36.4 Å². The molecule has 1 aromatic heterocycles. The second-order valence-electron chi connectivity index (χ2n) is 6.14. The highest BCUT2D eigenvalue weighted by Gasteiger charge is 2.31. The second kappa shape index (κ2) is 7.53. The predicted octanol–water partition coefficient (Wildman–Crippen LogP) is 4.49. The lowest BCUT2D eigenvalue weighted by Gasteiger charge is -2.16. The molecule has 4 nitrogen and oxygen atoms in total. The van der Waals surface area contributed by atoms with Gasteiger partial charge in [-0.25, -0.2) is 4.98 Å². The van der Waals surface area contributed by atoms with Gasteiger partial charge in [-0.1, -0.05) is 35.9 Å². The van der Waals surface area contributed by atoms with Crippen molar-refractivity contribution in [3.05, 3.63) is 58.2 Å². The van der Waals surface area contributed by atoms with Gasteiger partial charge in [0.1, 0.15) is 5.82 Å². The lowest BCUT2D eigenvalue weighted by Crippen LogP contribution is -2.23. The Morgan fingerprint density at radius 3 is 2.46 bits per heavy atom. The van der Waals surface area contributed by atoms with Crippen LogP contribution < -0.4 is 5.32 Å². The molecule has 2 aromatic rings. The maximum atomic E-state index is 12.6. The fourth-order valence-corrected chi connectivity index (χ4v) is 3.00. The molecule has 0 atom stereocenters. The lowest BCUT2D eigenvalue weighted by molar-refractivity contribution is -0.137. The number of pyridine rings is 1. The largest absolute Gasteiger partial charge is 0.417 e. The minimum absolute atomic E-state index is 0.0796. The topological polar surface area (TPSA) is 45.2 Å². The zero-order valence-electron chi connectivity index (χ0n) is 13.8. The van der Waals surface area contributed by atoms with E-state index in [4.69, 9.17) is 11.6 Å². The zero-order chi connectivity index (χ0) is 18.7. The van der Waals surface area contributed by atoms with Gasteiger partial charge in [-0.05, 0) is 23.6 Å². The number of amides is 1. The molecule has 1 fully saturated rings. The van der Waals surface area contributed by atoms with Crippen LogP contribution in [0.4, 0.5) is 19.0 Å². The highest BCUT2D eigenvalue weighted by atomic mass is 35.5. The van der Waals surface area contributed by atoms with Gasteiger partial charge in [-0.3, -0.25) is 4.79 Å². The first-order chi connectivity index (χ1) is 12.3. The zero-order valence-corrected chi connectivity index (χ0v) is 14.6. The van der Waals surface area contributed by atoms with E-state index in [1.165, 1.54) is 0 Å². The van der Waals surface area contributed by atoms with E-state index < -0.39 is 11.7 Å². The molecule has 0 radical (unpaired) electrons. The third-order valence-electron chi connectivity index (χ3n) is 4.20. The summed E-state index contributed by atoms with van der Waals surface area (Å²) in [4.78, 5) is 17.2. The summed E-state index contributed by atoms with van der Waals surface area (Å²) >= 11 is 5.87. The van der Waals surface area contributed by atoms with Crippen LogP contribution in [0.25, 0.3) is 0 Å². The van der Waals surface area contributed by atoms with Gasteiger partial charge in [0.25, 0.3) is 0 Å². The normalized spacial score (nSPS) is 14.8. The summed E-state index contributed by atoms with van der Waals surface area (Å²) < 4.78 is 37.8. The standard InChI is InChI=1S/C18H17ClF3N3O/c19-15-8-14(18(20,21)22)10-24-17(15)23-9-12-3-5-13(6-4-12)11-25-7-1-2-16(25)26/h3-6,8,10H,1-2,7,9,11H2,(H,23,24). The van der Waals surface area contributed by atoms with Gasteiger partial charge in [-0.15, -0.1) is 0 Å². The molecule has 1 aromatic carbocycles. The first kappa shape index (κ1) is 18.5. The number of nitrogens with one attached hydrogen (secondary N) is 1. The quantitative estimate of drug-likeness (QED) is 0.827. The van der Waals surface area contributed by atoms with E-state index >= 15 is 0 Å². The number of carbonyl (C=O) groups is 1. The van der Waals surface area contributed by atoms with Gasteiger partial charge < -0.3 is 10.2 Å². The average Bonchev–Trinajstić information content (AvgIpc) is 2.99. The van der Waals surface area contributed by atoms with Crippen LogP contribution in [0.1, 0.15) is 29.5 Å². The number of rotatable bonds is 5. The molecule has 1 amide bonds. The summed E-state index contributed by atoms with van der Waals surface area (Å²) in [5.74, 6) is 0.380. The van der Waals surface area contributed by atoms with Crippen molar-refractivity contribution in [1.82, 2.24) is 9.88 Å². The Morgan fingerprint density at radius 1 is 1.19 bits per heavy atom. The van der Waals surface area contributed by atoms with Crippen LogP contribution in [0, 0.1) is 0 Å². The maximum absolute atomic E-state index is 12.6. The molecular weight excluding hydrogens is 367 g/mol. The number of likely N-dealkylation sites (tertiary alicyclic amines) is 1. The van der Waals surface area contributed by atoms with Gasteiger partial charge in [0, 0.05) is 32.3 Å². The van der Waals surface area contributed by atoms with Crippen molar-refractivity contribution in [2.75, 3.05) is 11.9 Å². The van der Waals surface area contributed by atoms with Crippen molar-refractivity contribution >= 4 is 23.3 Å². The number of carbonyl (C=O) groups excluding carboxylic acids is 1. The molecule has 138 valence electrons. The first-order valence-electron chi connectivity index (χ1n) is 8.15. The first-order valence-corrected chi connectivity index (χ1v) is 8.53. The van der Waals surface area contributed by atoms with Crippen molar-refractivity contribution in [2.24, 2.45) is 0 Å². The van der Waals surface area contributed by atoms with Crippen molar-refractivity contribution in [3.8, 4) is 0 Å². The smallest absolute Gasteiger partial charge is 0.365 e. The Kier molecular flexibility index (Phi) is 5.36. The molecule has 0 saturated carbocycles. The van der Waals surface area contributed by atoms with Crippen LogP contribution in [0.3, 0.4) is 0 Å². The van der Waals surface area contributed by atoms with E-state index in [1.54, 1.807) is 0 Å². The number of halogens is 4. The number of hydrogen-bond donors (Lipinski definition) is 1. The molecule has 8 heteroatoms. The Balaban J connectivity index is 1.59. The molecule has 0 spiro atoms. The molecule has 1 saturated heterocycles. The number of benzene rings is 1. The molecule has 26 heavy (non-hydrogen) atoms. The van der Waals surface area contributed by atoms with E-state index in [1.807, 2.05) is 29.2 Å². The molecule has 1 N–H and O–H groups in total. The van der Waals surface area contributed by atoms with Gasteiger partial charge >= 0.3 is 6.18 Å². The molecule has 1 aliphatic rings. The predicted molar refractivity (Wildman–Crippen MR) is 92.7 cm³/mol. The van der Waals surface area contributed by atoms with Gasteiger partial charge in [0.05, 0.1) is 10.6 Å². The number of alkyl halides is 3. The Morgan fingerprint density at radius 2 is 1.88 bits per heavy atom. The van der Waals surface area contributed by atoms with Gasteiger partial charge in [0.15, 0.2) is 0 Å². The summed E-state index contributed by atoms with van der Waals surface area (Å²) in [5, 5.41) is 2.85. The monoisotopic (exact) mass is 383 g/mol. The van der Waals surface area contributed by atoms with Crippen molar-refractivity contribution in [3.63, 3.8) is 0 Å². The van der Waals surface area contributed by atoms with Crippen LogP contribution in [0.5, 0.6) is 0 Å². The summed E-state index contributed by atoms with van der Waals surface area (Å²) in [5.41, 5.74) is 1.09. The van der Waals surface area contributed by atoms with Crippen molar-refractivity contribution in [1.29, 1.82) is 0 Å². The molecule has 0 bridgehead atoms. The van der Waals surface area contributed by atoms with Gasteiger partial charge in [0.2, 0.25) is 5.91 Å². The number of anilines is 1. The SMILES string of the molecule is O=C1CCCN1Cc1ccc(CNc2ncc(C(F)(F)F)cc2Cl)cc1. The average molecular weight is 384 g/mol. The minimum atomic E-state index is -4.47. The fraction of sp³-hybridized carbons (Fsp3) is 0.333. The fourth-order valence-electron chi connectivity index (χ4n) is 2.76. The van der Waals surface area contributed by atoms with Crippen LogP contribution in [0.15, 0.2) is 36.5 Å². The molecular formula is C18H17ClF3N3O. The third kappa shape index (κ3) is 4.46. The molecule has 0 unspecified atom stereocenters.